The van der Waals surface area contributed by atoms with Crippen LogP contribution in [0.5, 0.6) is 0 Å². The summed E-state index contributed by atoms with van der Waals surface area (Å²) in [5.41, 5.74) is 2.68. The molecule has 0 amide bonds. The Morgan fingerprint density at radius 2 is 1.65 bits per heavy atom. The molecule has 0 saturated carbocycles. The van der Waals surface area contributed by atoms with Crippen molar-refractivity contribution in [2.75, 3.05) is 19.0 Å². The van der Waals surface area contributed by atoms with Gasteiger partial charge in [0.1, 0.15) is 5.82 Å². The maximum Gasteiger partial charge on any atom is 0.330 e. The molecule has 0 saturated heterocycles. The molecule has 2 aliphatic rings. The Bertz CT molecular complexity index is 1640. The molecule has 1 atom stereocenters. The molecule has 6 rings (SSSR count). The number of aromatic nitrogens is 2. The fraction of sp³-hybridized carbons (Fsp3) is 0.148. The number of H-pyrrole nitrogens is 1. The zero-order chi connectivity index (χ0) is 23.4. The largest absolute Gasteiger partial charge is 0.383 e. The number of nitrogens with zero attached hydrogens (tertiary/aromatic N) is 1. The second-order valence-corrected chi connectivity index (χ2v) is 8.46. The number of benzene rings is 3. The highest BCUT2D eigenvalue weighted by Gasteiger charge is 2.42. The molecule has 0 unspecified atom stereocenters. The van der Waals surface area contributed by atoms with Crippen molar-refractivity contribution in [3.8, 4) is 0 Å². The molecule has 7 heteroatoms. The average Bonchev–Trinajstić information content (AvgIpc) is 3.14. The van der Waals surface area contributed by atoms with E-state index in [1.54, 1.807) is 13.2 Å². The van der Waals surface area contributed by atoms with E-state index in [1.165, 1.54) is 4.57 Å². The van der Waals surface area contributed by atoms with E-state index in [1.807, 2.05) is 60.7 Å². The molecule has 0 radical (unpaired) electrons. The van der Waals surface area contributed by atoms with Crippen LogP contribution in [0, 0.1) is 0 Å². The molecule has 1 aliphatic carbocycles. The van der Waals surface area contributed by atoms with E-state index >= 15 is 0 Å². The fourth-order valence-electron chi connectivity index (χ4n) is 5.17. The Morgan fingerprint density at radius 1 is 0.912 bits per heavy atom. The number of anilines is 1. The summed E-state index contributed by atoms with van der Waals surface area (Å²) in [7, 11) is 1.56. The highest BCUT2D eigenvalue weighted by molar-refractivity contribution is 6.24. The van der Waals surface area contributed by atoms with E-state index in [-0.39, 0.29) is 12.3 Å². The van der Waals surface area contributed by atoms with Gasteiger partial charge in [0.2, 0.25) is 0 Å². The van der Waals surface area contributed by atoms with Gasteiger partial charge in [0.05, 0.1) is 24.4 Å². The van der Waals surface area contributed by atoms with Crippen LogP contribution in [-0.2, 0) is 11.3 Å². The SMILES string of the molecule is COCCn1c2c(c(=O)[nH]c1=O)[C@H](c1cccc3ccccc13)C1=C(N2)c2ccccc2C1=O. The van der Waals surface area contributed by atoms with Gasteiger partial charge in [0.25, 0.3) is 5.56 Å². The quantitative estimate of drug-likeness (QED) is 0.495. The third kappa shape index (κ3) is 2.84. The van der Waals surface area contributed by atoms with Crippen LogP contribution in [0.2, 0.25) is 0 Å². The first-order valence-corrected chi connectivity index (χ1v) is 11.1. The smallest absolute Gasteiger partial charge is 0.330 e. The number of carbonyl (C=O) groups is 1. The lowest BCUT2D eigenvalue weighted by Crippen LogP contribution is -2.39. The predicted molar refractivity (Wildman–Crippen MR) is 130 cm³/mol. The predicted octanol–water partition coefficient (Wildman–Crippen LogP) is 3.50. The number of allylic oxidation sites excluding steroid dienone is 1. The number of Topliss-reactive ketones (excluding diaryl/α,β-unsaturated/α-hetero) is 1. The van der Waals surface area contributed by atoms with Crippen LogP contribution in [0.1, 0.15) is 33.0 Å². The van der Waals surface area contributed by atoms with Crippen LogP contribution >= 0.6 is 0 Å². The average molecular weight is 451 g/mol. The topological polar surface area (TPSA) is 93.2 Å². The van der Waals surface area contributed by atoms with Crippen LogP contribution < -0.4 is 16.6 Å². The minimum absolute atomic E-state index is 0.115. The van der Waals surface area contributed by atoms with E-state index < -0.39 is 17.2 Å². The first-order valence-electron chi connectivity index (χ1n) is 11.1. The summed E-state index contributed by atoms with van der Waals surface area (Å²) in [5, 5.41) is 5.26. The lowest BCUT2D eigenvalue weighted by atomic mass is 9.79. The number of hydrogen-bond acceptors (Lipinski definition) is 5. The molecule has 1 aromatic heterocycles. The number of fused-ring (bicyclic) bond motifs is 4. The number of ether oxygens (including phenoxy) is 1. The molecule has 34 heavy (non-hydrogen) atoms. The number of nitrogens with one attached hydrogen (secondary N) is 2. The lowest BCUT2D eigenvalue weighted by molar-refractivity contribution is 0.103. The monoisotopic (exact) mass is 451 g/mol. The third-order valence-electron chi connectivity index (χ3n) is 6.66. The van der Waals surface area contributed by atoms with Gasteiger partial charge in [-0.1, -0.05) is 66.7 Å². The number of hydrogen-bond donors (Lipinski definition) is 2. The van der Waals surface area contributed by atoms with Crippen LogP contribution in [0.4, 0.5) is 5.82 Å². The molecule has 3 aromatic carbocycles. The fourth-order valence-corrected chi connectivity index (χ4v) is 5.17. The Morgan fingerprint density at radius 3 is 2.47 bits per heavy atom. The van der Waals surface area contributed by atoms with Crippen molar-refractivity contribution in [3.63, 3.8) is 0 Å². The first-order chi connectivity index (χ1) is 16.6. The van der Waals surface area contributed by atoms with Crippen molar-refractivity contribution in [3.05, 3.63) is 115 Å². The van der Waals surface area contributed by atoms with Crippen molar-refractivity contribution in [1.29, 1.82) is 0 Å². The molecule has 7 nitrogen and oxygen atoms in total. The van der Waals surface area contributed by atoms with E-state index in [4.69, 9.17) is 4.74 Å². The highest BCUT2D eigenvalue weighted by atomic mass is 16.5. The second kappa shape index (κ2) is 7.67. The van der Waals surface area contributed by atoms with Gasteiger partial charge in [-0.3, -0.25) is 19.1 Å². The molecule has 2 heterocycles. The number of carbonyl (C=O) groups excluding carboxylic acids is 1. The second-order valence-electron chi connectivity index (χ2n) is 8.46. The number of methoxy groups -OCH3 is 1. The molecule has 168 valence electrons. The maximum atomic E-state index is 13.7. The van der Waals surface area contributed by atoms with Gasteiger partial charge in [-0.25, -0.2) is 4.79 Å². The molecule has 0 spiro atoms. The summed E-state index contributed by atoms with van der Waals surface area (Å²) in [5.74, 6) is -0.363. The lowest BCUT2D eigenvalue weighted by Gasteiger charge is -2.30. The highest BCUT2D eigenvalue weighted by Crippen LogP contribution is 2.49. The van der Waals surface area contributed by atoms with Crippen LogP contribution in [0.3, 0.4) is 0 Å². The Balaban J connectivity index is 1.71. The van der Waals surface area contributed by atoms with Crippen molar-refractivity contribution in [2.45, 2.75) is 12.5 Å². The normalized spacial score (nSPS) is 16.3. The molecular weight excluding hydrogens is 430 g/mol. The number of rotatable bonds is 4. The summed E-state index contributed by atoms with van der Waals surface area (Å²) < 4.78 is 6.69. The summed E-state index contributed by atoms with van der Waals surface area (Å²) in [6.07, 6.45) is 0. The zero-order valence-electron chi connectivity index (χ0n) is 18.4. The van der Waals surface area contributed by atoms with E-state index in [9.17, 15) is 14.4 Å². The minimum atomic E-state index is -0.643. The third-order valence-corrected chi connectivity index (χ3v) is 6.66. The van der Waals surface area contributed by atoms with Crippen molar-refractivity contribution in [2.24, 2.45) is 0 Å². The molecule has 4 aromatic rings. The van der Waals surface area contributed by atoms with Crippen LogP contribution in [0.25, 0.3) is 16.5 Å². The molecule has 2 N–H and O–H groups in total. The molecule has 1 aliphatic heterocycles. The standard InChI is InChI=1S/C27H21N3O4/c1-34-14-13-30-25-22(26(32)29-27(30)33)20(17-12-6-8-15-7-2-3-9-16(15)17)21-23(28-25)18-10-4-5-11-19(18)24(21)31/h2-12,20,28H,13-14H2,1H3,(H,29,32,33)/t20-/m1/s1. The van der Waals surface area contributed by atoms with E-state index in [0.29, 0.717) is 34.8 Å². The Labute approximate surface area is 194 Å². The van der Waals surface area contributed by atoms with Gasteiger partial charge in [-0.2, -0.15) is 0 Å². The van der Waals surface area contributed by atoms with Gasteiger partial charge in [-0.05, 0) is 16.3 Å². The number of aromatic amines is 1. The van der Waals surface area contributed by atoms with E-state index in [0.717, 1.165) is 21.9 Å². The summed E-state index contributed by atoms with van der Waals surface area (Å²) in [4.78, 5) is 42.3. The Kier molecular flexibility index (Phi) is 4.60. The Hall–Kier alpha value is -4.23. The summed E-state index contributed by atoms with van der Waals surface area (Å²) in [6.45, 7) is 0.544. The van der Waals surface area contributed by atoms with Crippen molar-refractivity contribution >= 4 is 28.1 Å². The zero-order valence-corrected chi connectivity index (χ0v) is 18.4. The van der Waals surface area contributed by atoms with Crippen molar-refractivity contribution in [1.82, 2.24) is 9.55 Å². The summed E-state index contributed by atoms with van der Waals surface area (Å²) in [6, 6.07) is 21.2. The summed E-state index contributed by atoms with van der Waals surface area (Å²) >= 11 is 0. The van der Waals surface area contributed by atoms with Gasteiger partial charge >= 0.3 is 5.69 Å². The van der Waals surface area contributed by atoms with Gasteiger partial charge in [0.15, 0.2) is 5.78 Å². The van der Waals surface area contributed by atoms with Crippen molar-refractivity contribution < 1.29 is 9.53 Å². The first kappa shape index (κ1) is 20.4. The van der Waals surface area contributed by atoms with Crippen LogP contribution in [0.15, 0.2) is 81.9 Å². The van der Waals surface area contributed by atoms with Gasteiger partial charge in [0, 0.05) is 29.7 Å². The minimum Gasteiger partial charge on any atom is -0.383 e. The van der Waals surface area contributed by atoms with Crippen LogP contribution in [-0.4, -0.2) is 29.1 Å². The molecule has 0 fully saturated rings. The van der Waals surface area contributed by atoms with E-state index in [2.05, 4.69) is 10.3 Å². The maximum absolute atomic E-state index is 13.7. The van der Waals surface area contributed by atoms with Gasteiger partial charge < -0.3 is 10.1 Å². The molecular formula is C27H21N3O4. The number of ketones is 1. The molecule has 0 bridgehead atoms. The van der Waals surface area contributed by atoms with Gasteiger partial charge in [-0.15, -0.1) is 0 Å².